The molecule has 0 radical (unpaired) electrons. The van der Waals surface area contributed by atoms with Crippen LogP contribution in [0.1, 0.15) is 39.0 Å². The van der Waals surface area contributed by atoms with Crippen LogP contribution in [0, 0.1) is 16.0 Å². The summed E-state index contributed by atoms with van der Waals surface area (Å²) < 4.78 is 22.5. The van der Waals surface area contributed by atoms with E-state index in [2.05, 4.69) is 13.2 Å². The van der Waals surface area contributed by atoms with Gasteiger partial charge in [0.2, 0.25) is 5.91 Å². The second-order valence-corrected chi connectivity index (χ2v) is 11.2. The number of amides is 1. The number of ether oxygens (including phenoxy) is 4. The fraction of sp³-hybridized carbons (Fsp3) is 0.150. The Morgan fingerprint density at radius 1 is 0.827 bits per heavy atom. The van der Waals surface area contributed by atoms with Gasteiger partial charge in [0, 0.05) is 23.3 Å². The fourth-order valence-electron chi connectivity index (χ4n) is 5.02. The number of hydrogen-bond acceptors (Lipinski definition) is 10. The number of esters is 3. The van der Waals surface area contributed by atoms with Crippen LogP contribution in [-0.4, -0.2) is 35.3 Å². The van der Waals surface area contributed by atoms with Crippen molar-refractivity contribution in [2.75, 3.05) is 6.61 Å². The van der Waals surface area contributed by atoms with Gasteiger partial charge in [-0.1, -0.05) is 91.5 Å². The average Bonchev–Trinajstić information content (AvgIpc) is 3.14. The smallest absolute Gasteiger partial charge is 0.343 e. The zero-order valence-corrected chi connectivity index (χ0v) is 28.1. The number of nitro groups is 1. The van der Waals surface area contributed by atoms with Gasteiger partial charge in [-0.25, -0.2) is 4.79 Å². The highest BCUT2D eigenvalue weighted by atomic mass is 16.6. The Labute approximate surface area is 299 Å². The van der Waals surface area contributed by atoms with Crippen molar-refractivity contribution < 1.29 is 43.0 Å². The Morgan fingerprint density at radius 2 is 1.48 bits per heavy atom. The molecule has 4 aromatic carbocycles. The maximum atomic E-state index is 13.6. The van der Waals surface area contributed by atoms with E-state index in [1.165, 1.54) is 54.6 Å². The van der Waals surface area contributed by atoms with Gasteiger partial charge in [0.05, 0.1) is 22.8 Å². The molecule has 0 heterocycles. The molecule has 0 aromatic heterocycles. The highest BCUT2D eigenvalue weighted by Crippen LogP contribution is 2.35. The van der Waals surface area contributed by atoms with E-state index in [1.807, 2.05) is 6.07 Å². The van der Waals surface area contributed by atoms with Gasteiger partial charge >= 0.3 is 17.9 Å². The highest BCUT2D eigenvalue weighted by Gasteiger charge is 2.32. The Balaban J connectivity index is 1.71. The van der Waals surface area contributed by atoms with Crippen molar-refractivity contribution in [3.8, 4) is 11.5 Å². The van der Waals surface area contributed by atoms with Gasteiger partial charge in [-0.05, 0) is 41.3 Å². The van der Waals surface area contributed by atoms with E-state index in [0.717, 1.165) is 0 Å². The Kier molecular flexibility index (Phi) is 13.7. The van der Waals surface area contributed by atoms with Gasteiger partial charge in [0.1, 0.15) is 19.8 Å². The maximum absolute atomic E-state index is 13.6. The quantitative estimate of drug-likeness (QED) is 0.0302. The molecule has 0 aliphatic carbocycles. The summed E-state index contributed by atoms with van der Waals surface area (Å²) in [6.45, 7) is 7.04. The lowest BCUT2D eigenvalue weighted by Gasteiger charge is -2.19. The van der Waals surface area contributed by atoms with Gasteiger partial charge in [-0.15, -0.1) is 6.58 Å². The number of nitrogens with zero attached hydrogens (tertiary/aromatic N) is 1. The summed E-state index contributed by atoms with van der Waals surface area (Å²) in [7, 11) is 0. The molecular formula is C40H36N2O10. The Hall–Kier alpha value is -6.82. The number of primary amides is 1. The van der Waals surface area contributed by atoms with Crippen LogP contribution < -0.4 is 15.2 Å². The molecule has 2 N–H and O–H groups in total. The summed E-state index contributed by atoms with van der Waals surface area (Å²) in [6, 6.07) is 25.9. The molecule has 0 aliphatic heterocycles. The van der Waals surface area contributed by atoms with Crippen molar-refractivity contribution in [3.63, 3.8) is 0 Å². The number of allylic oxidation sites excluding steroid dienone is 1. The van der Waals surface area contributed by atoms with Crippen molar-refractivity contribution >= 4 is 35.6 Å². The monoisotopic (exact) mass is 704 g/mol. The first-order valence-corrected chi connectivity index (χ1v) is 16.0. The number of carbonyl (C=O) groups excluding carboxylic acids is 4. The second-order valence-electron chi connectivity index (χ2n) is 11.2. The van der Waals surface area contributed by atoms with E-state index in [-0.39, 0.29) is 60.1 Å². The molecular weight excluding hydrogens is 668 g/mol. The predicted octanol–water partition coefficient (Wildman–Crippen LogP) is 6.47. The van der Waals surface area contributed by atoms with E-state index in [4.69, 9.17) is 24.7 Å². The molecule has 1 amide bonds. The zero-order valence-electron chi connectivity index (χ0n) is 28.1. The largest absolute Gasteiger partial charge is 0.485 e. The van der Waals surface area contributed by atoms with Crippen molar-refractivity contribution in [2.24, 2.45) is 11.7 Å². The number of hydrogen-bond donors (Lipinski definition) is 1. The molecule has 12 nitrogen and oxygen atoms in total. The summed E-state index contributed by atoms with van der Waals surface area (Å²) in [4.78, 5) is 63.9. The van der Waals surface area contributed by atoms with Crippen molar-refractivity contribution in [1.29, 1.82) is 0 Å². The summed E-state index contributed by atoms with van der Waals surface area (Å²) >= 11 is 0. The molecule has 0 aliphatic rings. The standard InChI is InChI=1S/C40H36N2O10/c1-3-12-29-22-31(42(47)48)19-20-32(29)40(46)52-35-18-11-17-30(37(35)49-21-4-2)23-33(38(41)44)34(39(45)51-26-28-15-9-6-10-16-28)24-36(43)50-25-27-13-7-5-8-14-27/h3-11,13-20,22-23,34H,1-2,12,21,24-26H2,(H2,41,44)/b33-23+/t34-/m0/s1. The summed E-state index contributed by atoms with van der Waals surface area (Å²) in [6.07, 6.45) is 3.74. The molecule has 4 aromatic rings. The van der Waals surface area contributed by atoms with E-state index in [1.54, 1.807) is 54.6 Å². The molecule has 4 rings (SSSR count). The zero-order chi connectivity index (χ0) is 37.5. The predicted molar refractivity (Wildman–Crippen MR) is 192 cm³/mol. The van der Waals surface area contributed by atoms with Gasteiger partial charge in [-0.3, -0.25) is 24.5 Å². The first-order valence-electron chi connectivity index (χ1n) is 16.0. The molecule has 266 valence electrons. The molecule has 0 bridgehead atoms. The van der Waals surface area contributed by atoms with Crippen molar-refractivity contribution in [3.05, 3.63) is 166 Å². The van der Waals surface area contributed by atoms with Crippen LogP contribution in [-0.2, 0) is 43.5 Å². The third kappa shape index (κ3) is 10.6. The van der Waals surface area contributed by atoms with E-state index < -0.39 is 41.1 Å². The molecule has 0 saturated heterocycles. The lowest BCUT2D eigenvalue weighted by atomic mass is 9.92. The maximum Gasteiger partial charge on any atom is 0.343 e. The third-order valence-electron chi connectivity index (χ3n) is 7.53. The third-order valence-corrected chi connectivity index (χ3v) is 7.53. The summed E-state index contributed by atoms with van der Waals surface area (Å²) in [5.41, 5.74) is 7.22. The normalized spacial score (nSPS) is 11.4. The van der Waals surface area contributed by atoms with Gasteiger partial charge in [0.25, 0.3) is 5.69 Å². The van der Waals surface area contributed by atoms with Crippen LogP contribution in [0.5, 0.6) is 11.5 Å². The second kappa shape index (κ2) is 18.8. The van der Waals surface area contributed by atoms with Crippen LogP contribution >= 0.6 is 0 Å². The molecule has 0 unspecified atom stereocenters. The minimum Gasteiger partial charge on any atom is -0.485 e. The number of nitrogens with two attached hydrogens (primary N) is 1. The average molecular weight is 705 g/mol. The van der Waals surface area contributed by atoms with Gasteiger partial charge in [-0.2, -0.15) is 0 Å². The van der Waals surface area contributed by atoms with Crippen molar-refractivity contribution in [2.45, 2.75) is 26.1 Å². The number of para-hydroxylation sites is 1. The van der Waals surface area contributed by atoms with Crippen molar-refractivity contribution in [1.82, 2.24) is 0 Å². The summed E-state index contributed by atoms with van der Waals surface area (Å²) in [5.74, 6) is -5.19. The Morgan fingerprint density at radius 3 is 2.08 bits per heavy atom. The minimum atomic E-state index is -1.50. The van der Waals surface area contributed by atoms with Crippen LogP contribution in [0.3, 0.4) is 0 Å². The number of non-ortho nitro benzene ring substituents is 1. The lowest BCUT2D eigenvalue weighted by Crippen LogP contribution is -2.30. The minimum absolute atomic E-state index is 0.0234. The van der Waals surface area contributed by atoms with Crippen LogP contribution in [0.2, 0.25) is 0 Å². The lowest BCUT2D eigenvalue weighted by molar-refractivity contribution is -0.384. The molecule has 52 heavy (non-hydrogen) atoms. The fourth-order valence-corrected chi connectivity index (χ4v) is 5.02. The number of benzene rings is 4. The van der Waals surface area contributed by atoms with Crippen LogP contribution in [0.25, 0.3) is 6.08 Å². The topological polar surface area (TPSA) is 174 Å². The van der Waals surface area contributed by atoms with E-state index in [0.29, 0.717) is 16.7 Å². The first kappa shape index (κ1) is 38.0. The number of nitro benzene ring substituents is 1. The van der Waals surface area contributed by atoms with Gasteiger partial charge < -0.3 is 24.7 Å². The summed E-state index contributed by atoms with van der Waals surface area (Å²) in [5, 5.41) is 11.3. The highest BCUT2D eigenvalue weighted by molar-refractivity contribution is 6.03. The van der Waals surface area contributed by atoms with Crippen LogP contribution in [0.15, 0.2) is 128 Å². The molecule has 0 saturated carbocycles. The SMILES string of the molecule is C=CCOc1c(/C=C(/C(N)=O)[C@H](CC(=O)OCc2ccccc2)C(=O)OCc2ccccc2)cccc1OC(=O)c1ccc([N+](=O)[O-])cc1CC=C. The van der Waals surface area contributed by atoms with E-state index in [9.17, 15) is 29.3 Å². The molecule has 0 spiro atoms. The first-order chi connectivity index (χ1) is 25.1. The number of carbonyl (C=O) groups is 4. The van der Waals surface area contributed by atoms with Gasteiger partial charge in [0.15, 0.2) is 11.5 Å². The van der Waals surface area contributed by atoms with Crippen LogP contribution in [0.4, 0.5) is 5.69 Å². The van der Waals surface area contributed by atoms with E-state index >= 15 is 0 Å². The molecule has 1 atom stereocenters. The number of rotatable bonds is 18. The molecule has 0 fully saturated rings. The molecule has 12 heteroatoms. The Bertz CT molecular complexity index is 1970.